The highest BCUT2D eigenvalue weighted by atomic mass is 16.4. The maximum absolute atomic E-state index is 12.5. The average molecular weight is 270 g/mol. The van der Waals surface area contributed by atoms with Gasteiger partial charge in [-0.3, -0.25) is 9.59 Å². The first kappa shape index (κ1) is 16.0. The molecule has 1 aliphatic carbocycles. The van der Waals surface area contributed by atoms with Gasteiger partial charge in [0.25, 0.3) is 0 Å². The molecule has 3 N–H and O–H groups in total. The molecule has 0 aromatic heterocycles. The number of hydrogen-bond donors (Lipinski definition) is 2. The van der Waals surface area contributed by atoms with Crippen LogP contribution in [0.4, 0.5) is 0 Å². The van der Waals surface area contributed by atoms with Gasteiger partial charge in [0.05, 0.1) is 5.92 Å². The number of aliphatic carboxylic acids is 1. The van der Waals surface area contributed by atoms with Crippen molar-refractivity contribution in [1.29, 1.82) is 0 Å². The van der Waals surface area contributed by atoms with Crippen molar-refractivity contribution >= 4 is 11.9 Å². The first-order valence-electron chi connectivity index (χ1n) is 7.18. The minimum Gasteiger partial charge on any atom is -0.480 e. The van der Waals surface area contributed by atoms with E-state index in [1.807, 2.05) is 13.8 Å². The minimum absolute atomic E-state index is 0.0782. The van der Waals surface area contributed by atoms with Crippen LogP contribution in [0, 0.1) is 11.8 Å². The maximum atomic E-state index is 12.5. The Morgan fingerprint density at radius 1 is 1.32 bits per heavy atom. The summed E-state index contributed by atoms with van der Waals surface area (Å²) in [5.41, 5.74) is 5.69. The Morgan fingerprint density at radius 3 is 2.32 bits per heavy atom. The number of nitrogens with two attached hydrogens (primary N) is 1. The lowest BCUT2D eigenvalue weighted by molar-refractivity contribution is -0.148. The van der Waals surface area contributed by atoms with Crippen molar-refractivity contribution in [1.82, 2.24) is 4.90 Å². The second kappa shape index (κ2) is 7.48. The van der Waals surface area contributed by atoms with Crippen LogP contribution in [0.5, 0.6) is 0 Å². The highest BCUT2D eigenvalue weighted by Gasteiger charge is 2.32. The van der Waals surface area contributed by atoms with Crippen molar-refractivity contribution in [3.8, 4) is 0 Å². The summed E-state index contributed by atoms with van der Waals surface area (Å²) in [6, 6.07) is 0.0878. The first-order chi connectivity index (χ1) is 8.95. The molecule has 1 amide bonds. The van der Waals surface area contributed by atoms with Crippen LogP contribution >= 0.6 is 0 Å². The number of amides is 1. The molecule has 0 bridgehead atoms. The molecule has 19 heavy (non-hydrogen) atoms. The Morgan fingerprint density at radius 2 is 1.89 bits per heavy atom. The molecule has 0 aromatic rings. The van der Waals surface area contributed by atoms with Crippen molar-refractivity contribution in [2.45, 2.75) is 52.0 Å². The lowest BCUT2D eigenvalue weighted by atomic mass is 9.95. The third-order valence-corrected chi connectivity index (χ3v) is 3.74. The third kappa shape index (κ3) is 4.82. The predicted octanol–water partition coefficient (Wildman–Crippen LogP) is 1.46. The van der Waals surface area contributed by atoms with E-state index in [-0.39, 0.29) is 24.4 Å². The van der Waals surface area contributed by atoms with Gasteiger partial charge in [0.15, 0.2) is 0 Å². The normalized spacial score (nSPS) is 17.7. The summed E-state index contributed by atoms with van der Waals surface area (Å²) in [5, 5.41) is 9.00. The third-order valence-electron chi connectivity index (χ3n) is 3.74. The summed E-state index contributed by atoms with van der Waals surface area (Å²) in [5.74, 6) is -0.890. The molecule has 0 aromatic carbocycles. The van der Waals surface area contributed by atoms with E-state index in [1.54, 1.807) is 4.90 Å². The zero-order valence-electron chi connectivity index (χ0n) is 12.0. The van der Waals surface area contributed by atoms with Gasteiger partial charge in [0.1, 0.15) is 6.54 Å². The second-order valence-corrected chi connectivity index (χ2v) is 5.86. The summed E-state index contributed by atoms with van der Waals surface area (Å²) in [6.07, 6.45) is 4.70. The largest absolute Gasteiger partial charge is 0.480 e. The predicted molar refractivity (Wildman–Crippen MR) is 73.6 cm³/mol. The molecule has 1 saturated carbocycles. The lowest BCUT2D eigenvalue weighted by Gasteiger charge is -2.31. The van der Waals surface area contributed by atoms with Crippen LogP contribution in [0.15, 0.2) is 0 Å². The summed E-state index contributed by atoms with van der Waals surface area (Å²) < 4.78 is 0. The Labute approximate surface area is 115 Å². The standard InChI is InChI=1S/C14H26N2O3/c1-10(2)7-11(8-15)14(19)16(9-13(17)18)12-5-3-4-6-12/h10-12H,3-9,15H2,1-2H3,(H,17,18). The number of hydrogen-bond acceptors (Lipinski definition) is 3. The van der Waals surface area contributed by atoms with E-state index in [0.29, 0.717) is 12.5 Å². The minimum atomic E-state index is -0.944. The smallest absolute Gasteiger partial charge is 0.323 e. The second-order valence-electron chi connectivity index (χ2n) is 5.86. The van der Waals surface area contributed by atoms with Gasteiger partial charge in [-0.15, -0.1) is 0 Å². The van der Waals surface area contributed by atoms with Crippen molar-refractivity contribution in [3.05, 3.63) is 0 Å². The highest BCUT2D eigenvalue weighted by molar-refractivity contribution is 5.83. The van der Waals surface area contributed by atoms with Crippen LogP contribution < -0.4 is 5.73 Å². The molecule has 5 heteroatoms. The van der Waals surface area contributed by atoms with E-state index in [0.717, 1.165) is 32.1 Å². The monoisotopic (exact) mass is 270 g/mol. The van der Waals surface area contributed by atoms with E-state index in [2.05, 4.69) is 0 Å². The molecule has 1 aliphatic rings. The van der Waals surface area contributed by atoms with Crippen LogP contribution in [0.3, 0.4) is 0 Å². The molecule has 1 fully saturated rings. The first-order valence-corrected chi connectivity index (χ1v) is 7.18. The molecule has 110 valence electrons. The summed E-state index contributed by atoms with van der Waals surface area (Å²) in [7, 11) is 0. The molecule has 0 heterocycles. The lowest BCUT2D eigenvalue weighted by Crippen LogP contribution is -2.47. The molecule has 1 rings (SSSR count). The quantitative estimate of drug-likeness (QED) is 0.733. The van der Waals surface area contributed by atoms with Gasteiger partial charge in [0.2, 0.25) is 5.91 Å². The molecular weight excluding hydrogens is 244 g/mol. The number of rotatable bonds is 7. The van der Waals surface area contributed by atoms with E-state index in [9.17, 15) is 9.59 Å². The number of nitrogens with zero attached hydrogens (tertiary/aromatic N) is 1. The van der Waals surface area contributed by atoms with E-state index in [1.165, 1.54) is 0 Å². The molecule has 1 unspecified atom stereocenters. The van der Waals surface area contributed by atoms with Crippen molar-refractivity contribution < 1.29 is 14.7 Å². The van der Waals surface area contributed by atoms with Crippen molar-refractivity contribution in [3.63, 3.8) is 0 Å². The topological polar surface area (TPSA) is 83.6 Å². The van der Waals surface area contributed by atoms with Gasteiger partial charge in [-0.2, -0.15) is 0 Å². The van der Waals surface area contributed by atoms with Gasteiger partial charge < -0.3 is 15.7 Å². The van der Waals surface area contributed by atoms with Gasteiger partial charge in [-0.05, 0) is 25.2 Å². The fourth-order valence-electron chi connectivity index (χ4n) is 2.85. The van der Waals surface area contributed by atoms with Gasteiger partial charge >= 0.3 is 5.97 Å². The van der Waals surface area contributed by atoms with Crippen molar-refractivity contribution in [2.75, 3.05) is 13.1 Å². The van der Waals surface area contributed by atoms with Crippen LogP contribution in [-0.4, -0.2) is 41.0 Å². The summed E-state index contributed by atoms with van der Waals surface area (Å²) in [6.45, 7) is 4.19. The number of carbonyl (C=O) groups is 2. The van der Waals surface area contributed by atoms with Gasteiger partial charge in [-0.25, -0.2) is 0 Å². The molecule has 5 nitrogen and oxygen atoms in total. The molecule has 0 aliphatic heterocycles. The van der Waals surface area contributed by atoms with Crippen LogP contribution in [-0.2, 0) is 9.59 Å². The number of carboxylic acid groups (broad SMARTS) is 1. The van der Waals surface area contributed by atoms with Crippen molar-refractivity contribution in [2.24, 2.45) is 17.6 Å². The molecule has 0 radical (unpaired) electrons. The van der Waals surface area contributed by atoms with Crippen LogP contribution in [0.1, 0.15) is 46.0 Å². The van der Waals surface area contributed by atoms with E-state index in [4.69, 9.17) is 10.8 Å². The van der Waals surface area contributed by atoms with Crippen LogP contribution in [0.2, 0.25) is 0 Å². The van der Waals surface area contributed by atoms with Gasteiger partial charge in [-0.1, -0.05) is 26.7 Å². The molecule has 0 saturated heterocycles. The molecule has 1 atom stereocenters. The van der Waals surface area contributed by atoms with E-state index < -0.39 is 5.97 Å². The Kier molecular flexibility index (Phi) is 6.28. The molecule has 0 spiro atoms. The maximum Gasteiger partial charge on any atom is 0.323 e. The fourth-order valence-corrected chi connectivity index (χ4v) is 2.85. The summed E-state index contributed by atoms with van der Waals surface area (Å²) in [4.78, 5) is 25.0. The average Bonchev–Trinajstić information content (AvgIpc) is 2.85. The fraction of sp³-hybridized carbons (Fsp3) is 0.857. The van der Waals surface area contributed by atoms with Crippen LogP contribution in [0.25, 0.3) is 0 Å². The highest BCUT2D eigenvalue weighted by Crippen LogP contribution is 2.25. The van der Waals surface area contributed by atoms with Gasteiger partial charge in [0, 0.05) is 12.6 Å². The summed E-state index contributed by atoms with van der Waals surface area (Å²) >= 11 is 0. The van der Waals surface area contributed by atoms with E-state index >= 15 is 0 Å². The Balaban J connectivity index is 2.76. The Bertz CT molecular complexity index is 312. The zero-order chi connectivity index (χ0) is 14.4. The molecular formula is C14H26N2O3. The zero-order valence-corrected chi connectivity index (χ0v) is 12.0. The number of carboxylic acids is 1. The SMILES string of the molecule is CC(C)CC(CN)C(=O)N(CC(=O)O)C1CCCC1. The number of carbonyl (C=O) groups excluding carboxylic acids is 1. The Hall–Kier alpha value is -1.10.